The monoisotopic (exact) mass is 266 g/mol. The molecule has 2 aromatic carbocycles. The van der Waals surface area contributed by atoms with E-state index in [0.717, 1.165) is 6.07 Å². The first-order valence-electron chi connectivity index (χ1n) is 5.29. The first-order valence-corrected chi connectivity index (χ1v) is 5.67. The van der Waals surface area contributed by atoms with Gasteiger partial charge in [0.15, 0.2) is 5.78 Å². The van der Waals surface area contributed by atoms with E-state index in [2.05, 4.69) is 0 Å². The van der Waals surface area contributed by atoms with Gasteiger partial charge in [-0.15, -0.1) is 0 Å². The summed E-state index contributed by atoms with van der Waals surface area (Å²) in [5.41, 5.74) is 0.422. The van der Waals surface area contributed by atoms with Crippen LogP contribution in [0.2, 0.25) is 5.02 Å². The highest BCUT2D eigenvalue weighted by atomic mass is 35.5. The van der Waals surface area contributed by atoms with Gasteiger partial charge in [-0.1, -0.05) is 23.7 Å². The molecule has 92 valence electrons. The third-order valence-electron chi connectivity index (χ3n) is 2.48. The molecule has 18 heavy (non-hydrogen) atoms. The molecular weight excluding hydrogens is 258 g/mol. The lowest BCUT2D eigenvalue weighted by Gasteiger charge is -2.04. The van der Waals surface area contributed by atoms with Crippen molar-refractivity contribution in [3.05, 3.63) is 70.2 Å². The van der Waals surface area contributed by atoms with Crippen LogP contribution in [0, 0.1) is 11.6 Å². The molecule has 0 aromatic heterocycles. The lowest BCUT2D eigenvalue weighted by atomic mass is 10.0. The first-order chi connectivity index (χ1) is 8.56. The van der Waals surface area contributed by atoms with Gasteiger partial charge < -0.3 is 0 Å². The van der Waals surface area contributed by atoms with Crippen molar-refractivity contribution in [2.75, 3.05) is 0 Å². The Morgan fingerprint density at radius 2 is 1.89 bits per heavy atom. The second-order valence-electron chi connectivity index (χ2n) is 3.85. The molecule has 0 unspecified atom stereocenters. The van der Waals surface area contributed by atoms with Crippen molar-refractivity contribution in [3.8, 4) is 0 Å². The Bertz CT molecular complexity index is 596. The molecule has 0 fully saturated rings. The number of rotatable bonds is 3. The standard InChI is InChI=1S/C14H9ClF2O/c15-10-4-5-13(17)12(8-10)14(18)7-9-2-1-3-11(16)6-9/h1-6,8H,7H2. The number of hydrogen-bond acceptors (Lipinski definition) is 1. The average molecular weight is 267 g/mol. The number of ketones is 1. The molecule has 2 aromatic rings. The van der Waals surface area contributed by atoms with E-state index < -0.39 is 17.4 Å². The molecule has 0 amide bonds. The summed E-state index contributed by atoms with van der Waals surface area (Å²) in [6.45, 7) is 0. The molecular formula is C14H9ClF2O. The summed E-state index contributed by atoms with van der Waals surface area (Å²) in [4.78, 5) is 11.9. The lowest BCUT2D eigenvalue weighted by molar-refractivity contribution is 0.0989. The highest BCUT2D eigenvalue weighted by molar-refractivity contribution is 6.31. The summed E-state index contributed by atoms with van der Waals surface area (Å²) in [6.07, 6.45) is -0.0605. The summed E-state index contributed by atoms with van der Waals surface area (Å²) in [6, 6.07) is 9.44. The van der Waals surface area contributed by atoms with E-state index in [1.807, 2.05) is 0 Å². The minimum absolute atomic E-state index is 0.0605. The van der Waals surface area contributed by atoms with Crippen LogP contribution in [-0.4, -0.2) is 5.78 Å². The Morgan fingerprint density at radius 3 is 2.61 bits per heavy atom. The van der Waals surface area contributed by atoms with Crippen molar-refractivity contribution in [2.24, 2.45) is 0 Å². The summed E-state index contributed by atoms with van der Waals surface area (Å²) in [7, 11) is 0. The maximum absolute atomic E-state index is 13.4. The fraction of sp³-hybridized carbons (Fsp3) is 0.0714. The van der Waals surface area contributed by atoms with Gasteiger partial charge in [-0.3, -0.25) is 4.79 Å². The topological polar surface area (TPSA) is 17.1 Å². The third-order valence-corrected chi connectivity index (χ3v) is 2.72. The smallest absolute Gasteiger partial charge is 0.170 e. The van der Waals surface area contributed by atoms with Crippen LogP contribution in [0.15, 0.2) is 42.5 Å². The number of halogens is 3. The Labute approximate surface area is 108 Å². The molecule has 0 bridgehead atoms. The van der Waals surface area contributed by atoms with Crippen LogP contribution in [0.1, 0.15) is 15.9 Å². The van der Waals surface area contributed by atoms with Gasteiger partial charge in [0.05, 0.1) is 5.56 Å². The van der Waals surface area contributed by atoms with Gasteiger partial charge in [0.25, 0.3) is 0 Å². The molecule has 0 spiro atoms. The highest BCUT2D eigenvalue weighted by Gasteiger charge is 2.13. The fourth-order valence-corrected chi connectivity index (χ4v) is 1.81. The second-order valence-corrected chi connectivity index (χ2v) is 4.29. The maximum atomic E-state index is 13.4. The maximum Gasteiger partial charge on any atom is 0.170 e. The van der Waals surface area contributed by atoms with Crippen molar-refractivity contribution in [1.82, 2.24) is 0 Å². The highest BCUT2D eigenvalue weighted by Crippen LogP contribution is 2.17. The Morgan fingerprint density at radius 1 is 1.11 bits per heavy atom. The number of benzene rings is 2. The Balaban J connectivity index is 2.24. The third kappa shape index (κ3) is 2.93. The molecule has 0 aliphatic rings. The minimum atomic E-state index is -0.624. The van der Waals surface area contributed by atoms with Crippen LogP contribution in [0.5, 0.6) is 0 Å². The number of carbonyl (C=O) groups excluding carboxylic acids is 1. The van der Waals surface area contributed by atoms with Crippen LogP contribution in [-0.2, 0) is 6.42 Å². The first kappa shape index (κ1) is 12.7. The van der Waals surface area contributed by atoms with Crippen molar-refractivity contribution in [3.63, 3.8) is 0 Å². The molecule has 4 heteroatoms. The van der Waals surface area contributed by atoms with E-state index in [9.17, 15) is 13.6 Å². The molecule has 1 nitrogen and oxygen atoms in total. The van der Waals surface area contributed by atoms with Crippen LogP contribution in [0.25, 0.3) is 0 Å². The van der Waals surface area contributed by atoms with E-state index in [1.54, 1.807) is 6.07 Å². The van der Waals surface area contributed by atoms with Gasteiger partial charge in [0.2, 0.25) is 0 Å². The zero-order chi connectivity index (χ0) is 13.1. The second kappa shape index (κ2) is 5.27. The molecule has 2 rings (SSSR count). The quantitative estimate of drug-likeness (QED) is 0.766. The van der Waals surface area contributed by atoms with Gasteiger partial charge in [0.1, 0.15) is 11.6 Å². The van der Waals surface area contributed by atoms with E-state index >= 15 is 0 Å². The number of hydrogen-bond donors (Lipinski definition) is 0. The molecule has 0 heterocycles. The van der Waals surface area contributed by atoms with Crippen molar-refractivity contribution in [2.45, 2.75) is 6.42 Å². The summed E-state index contributed by atoms with van der Waals surface area (Å²) in [5, 5.41) is 0.291. The molecule has 0 radical (unpaired) electrons. The molecule has 0 saturated heterocycles. The van der Waals surface area contributed by atoms with E-state index in [1.165, 1.54) is 30.3 Å². The van der Waals surface area contributed by atoms with Crippen molar-refractivity contribution in [1.29, 1.82) is 0 Å². The van der Waals surface area contributed by atoms with Gasteiger partial charge in [0, 0.05) is 11.4 Å². The van der Waals surface area contributed by atoms with Crippen LogP contribution in [0.4, 0.5) is 8.78 Å². The van der Waals surface area contributed by atoms with E-state index in [4.69, 9.17) is 11.6 Å². The number of carbonyl (C=O) groups is 1. The van der Waals surface area contributed by atoms with Gasteiger partial charge in [-0.2, -0.15) is 0 Å². The van der Waals surface area contributed by atoms with E-state index in [-0.39, 0.29) is 12.0 Å². The lowest BCUT2D eigenvalue weighted by Crippen LogP contribution is -2.06. The molecule has 0 N–H and O–H groups in total. The molecule has 0 atom stereocenters. The zero-order valence-corrected chi connectivity index (χ0v) is 10.0. The van der Waals surface area contributed by atoms with Gasteiger partial charge in [-0.25, -0.2) is 8.78 Å². The van der Waals surface area contributed by atoms with Crippen LogP contribution in [0.3, 0.4) is 0 Å². The predicted octanol–water partition coefficient (Wildman–Crippen LogP) is 4.04. The van der Waals surface area contributed by atoms with Crippen LogP contribution < -0.4 is 0 Å². The van der Waals surface area contributed by atoms with Crippen molar-refractivity contribution < 1.29 is 13.6 Å². The largest absolute Gasteiger partial charge is 0.294 e. The molecule has 0 saturated carbocycles. The fourth-order valence-electron chi connectivity index (χ4n) is 1.64. The van der Waals surface area contributed by atoms with Gasteiger partial charge >= 0.3 is 0 Å². The normalized spacial score (nSPS) is 10.4. The Kier molecular flexibility index (Phi) is 3.72. The molecule has 0 aliphatic heterocycles. The zero-order valence-electron chi connectivity index (χ0n) is 9.29. The predicted molar refractivity (Wildman–Crippen MR) is 65.8 cm³/mol. The summed E-state index contributed by atoms with van der Waals surface area (Å²) < 4.78 is 26.4. The SMILES string of the molecule is O=C(Cc1cccc(F)c1)c1cc(Cl)ccc1F. The minimum Gasteiger partial charge on any atom is -0.294 e. The summed E-state index contributed by atoms with van der Waals surface area (Å²) in [5.74, 6) is -1.48. The Hall–Kier alpha value is -1.74. The average Bonchev–Trinajstić information content (AvgIpc) is 2.32. The number of Topliss-reactive ketones (excluding diaryl/α,β-unsaturated/α-hetero) is 1. The van der Waals surface area contributed by atoms with Gasteiger partial charge in [-0.05, 0) is 35.9 Å². The van der Waals surface area contributed by atoms with Crippen molar-refractivity contribution >= 4 is 17.4 Å². The summed E-state index contributed by atoms with van der Waals surface area (Å²) >= 11 is 5.71. The van der Waals surface area contributed by atoms with E-state index in [0.29, 0.717) is 10.6 Å². The molecule has 0 aliphatic carbocycles. The van der Waals surface area contributed by atoms with Crippen LogP contribution >= 0.6 is 11.6 Å².